The fraction of sp³-hybridized carbons (Fsp3) is 0.500. The second-order valence-electron chi connectivity index (χ2n) is 10.8. The summed E-state index contributed by atoms with van der Waals surface area (Å²) < 4.78 is 48.9. The minimum atomic E-state index is -0.428. The van der Waals surface area contributed by atoms with Crippen molar-refractivity contribution in [2.75, 3.05) is 26.9 Å². The van der Waals surface area contributed by atoms with Gasteiger partial charge in [0, 0.05) is 41.7 Å². The van der Waals surface area contributed by atoms with Crippen LogP contribution in [0, 0.1) is 11.6 Å². The maximum Gasteiger partial charge on any atom is 0.184 e. The number of rotatable bonds is 17. The van der Waals surface area contributed by atoms with Crippen LogP contribution in [-0.4, -0.2) is 42.3 Å². The van der Waals surface area contributed by atoms with Crippen LogP contribution in [0.5, 0.6) is 11.5 Å². The summed E-state index contributed by atoms with van der Waals surface area (Å²) in [6, 6.07) is 7.75. The van der Waals surface area contributed by atoms with Crippen LogP contribution >= 0.6 is 0 Å². The summed E-state index contributed by atoms with van der Waals surface area (Å²) in [5.41, 5.74) is 5.48. The lowest BCUT2D eigenvalue weighted by atomic mass is 9.88. The van der Waals surface area contributed by atoms with E-state index in [1.54, 1.807) is 19.6 Å². The van der Waals surface area contributed by atoms with Gasteiger partial charge < -0.3 is 19.0 Å². The molecule has 0 bridgehead atoms. The molecule has 4 rings (SSSR count). The Bertz CT molecular complexity index is 1290. The molecule has 5 nitrogen and oxygen atoms in total. The van der Waals surface area contributed by atoms with Gasteiger partial charge in [-0.05, 0) is 49.6 Å². The summed E-state index contributed by atoms with van der Waals surface area (Å²) in [6.45, 7) is 3.99. The molecule has 3 aromatic rings. The Balaban J connectivity index is 1.74. The third kappa shape index (κ3) is 7.97. The van der Waals surface area contributed by atoms with Crippen LogP contribution in [0.15, 0.2) is 47.3 Å². The molecule has 1 N–H and O–H groups in total. The Morgan fingerprint density at radius 3 is 2.49 bits per heavy atom. The average Bonchev–Trinajstić information content (AvgIpc) is 3.52. The lowest BCUT2D eigenvalue weighted by Gasteiger charge is -2.25. The second-order valence-corrected chi connectivity index (χ2v) is 10.8. The number of aliphatic hydroxyl groups is 1. The topological polar surface area (TPSA) is 54.8 Å². The van der Waals surface area contributed by atoms with E-state index in [1.165, 1.54) is 18.2 Å². The Morgan fingerprint density at radius 1 is 0.927 bits per heavy atom. The van der Waals surface area contributed by atoms with Crippen molar-refractivity contribution in [3.63, 3.8) is 0 Å². The summed E-state index contributed by atoms with van der Waals surface area (Å²) in [4.78, 5) is 0. The zero-order chi connectivity index (χ0) is 29.0. The van der Waals surface area contributed by atoms with Gasteiger partial charge >= 0.3 is 0 Å². The Kier molecular flexibility index (Phi) is 11.8. The Morgan fingerprint density at radius 2 is 1.73 bits per heavy atom. The number of unbranched alkanes of at least 4 members (excludes halogenated alkanes) is 7. The van der Waals surface area contributed by atoms with E-state index in [9.17, 15) is 8.78 Å². The van der Waals surface area contributed by atoms with Crippen molar-refractivity contribution >= 4 is 5.71 Å². The van der Waals surface area contributed by atoms with Crippen LogP contribution in [0.4, 0.5) is 8.78 Å². The van der Waals surface area contributed by atoms with Crippen LogP contribution in [0.2, 0.25) is 0 Å². The summed E-state index contributed by atoms with van der Waals surface area (Å²) in [7, 11) is 1.67. The van der Waals surface area contributed by atoms with E-state index in [4.69, 9.17) is 19.0 Å². The first-order valence-electron chi connectivity index (χ1n) is 15.1. The van der Waals surface area contributed by atoms with Crippen LogP contribution in [0.3, 0.4) is 0 Å². The first-order chi connectivity index (χ1) is 20.1. The molecule has 0 radical (unpaired) electrons. The first-order valence-corrected chi connectivity index (χ1v) is 15.1. The molecule has 0 aliphatic carbocycles. The van der Waals surface area contributed by atoms with Crippen molar-refractivity contribution in [3.8, 4) is 22.6 Å². The van der Waals surface area contributed by atoms with Gasteiger partial charge in [-0.1, -0.05) is 45.4 Å². The van der Waals surface area contributed by atoms with E-state index in [-0.39, 0.29) is 12.4 Å². The van der Waals surface area contributed by atoms with Crippen molar-refractivity contribution in [1.82, 2.24) is 0 Å². The summed E-state index contributed by atoms with van der Waals surface area (Å²) in [5, 5.41) is 9.04. The highest BCUT2D eigenvalue weighted by atomic mass is 19.1. The largest absolute Gasteiger partial charge is 0.492 e. The van der Waals surface area contributed by atoms with Gasteiger partial charge in [0.15, 0.2) is 23.8 Å². The molecular weight excluding hydrogens is 524 g/mol. The van der Waals surface area contributed by atoms with Gasteiger partial charge in [0.05, 0.1) is 31.8 Å². The number of aliphatic hydroxyl groups excluding tert-OH is 1. The Labute approximate surface area is 242 Å². The van der Waals surface area contributed by atoms with Crippen LogP contribution in [0.25, 0.3) is 11.1 Å². The molecule has 0 amide bonds. The maximum absolute atomic E-state index is 14.7. The highest BCUT2D eigenvalue weighted by Crippen LogP contribution is 2.44. The van der Waals surface area contributed by atoms with Crippen molar-refractivity contribution in [2.45, 2.75) is 84.1 Å². The maximum atomic E-state index is 14.7. The molecule has 222 valence electrons. The van der Waals surface area contributed by atoms with Crippen molar-refractivity contribution in [2.24, 2.45) is 0 Å². The molecule has 0 saturated carbocycles. The minimum absolute atomic E-state index is 0.237. The normalized spacial score (nSPS) is 13.0. The number of furan rings is 1. The van der Waals surface area contributed by atoms with Gasteiger partial charge in [0.25, 0.3) is 0 Å². The van der Waals surface area contributed by atoms with E-state index >= 15 is 0 Å². The van der Waals surface area contributed by atoms with Crippen LogP contribution < -0.4 is 9.47 Å². The van der Waals surface area contributed by atoms with E-state index < -0.39 is 5.82 Å². The van der Waals surface area contributed by atoms with E-state index in [0.29, 0.717) is 37.4 Å². The number of nitrogens with zero attached hydrogens (tertiary/aromatic N) is 1. The zero-order valence-electron chi connectivity index (χ0n) is 24.5. The van der Waals surface area contributed by atoms with Gasteiger partial charge in [-0.2, -0.15) is 0 Å². The molecule has 0 atom stereocenters. The molecule has 2 aromatic carbocycles. The third-order valence-corrected chi connectivity index (χ3v) is 7.88. The Hall–Kier alpha value is -3.19. The molecule has 1 aliphatic heterocycles. The first kappa shape index (κ1) is 30.8. The number of hydrogen-bond acceptors (Lipinski definition) is 4. The zero-order valence-corrected chi connectivity index (χ0v) is 24.5. The quantitative estimate of drug-likeness (QED) is 0.132. The van der Waals surface area contributed by atoms with Crippen LogP contribution in [-0.2, 0) is 13.0 Å². The summed E-state index contributed by atoms with van der Waals surface area (Å²) >= 11 is 0. The highest BCUT2D eigenvalue weighted by Gasteiger charge is 2.32. The monoisotopic (exact) mass is 568 g/mol. The number of fused-ring (bicyclic) bond motifs is 1. The molecule has 41 heavy (non-hydrogen) atoms. The lowest BCUT2D eigenvalue weighted by molar-refractivity contribution is -0.546. The SMILES string of the molecule is CCCCCCC1=[N+](Cc2cc(F)ccc2F)CCc2c1cc(-c1ccoc1)c(OC)c2OCCCCCCCO. The standard InChI is InChI=1S/C34H44F2NO4/c1-3-4-5-9-12-32-30-22-29(25-16-20-40-24-25)33(39-2)34(41-19-11-8-6-7-10-18-38)28(30)15-17-37(32)23-26-21-27(35)13-14-31(26)36/h13-14,16,20-22,24,38H,3-12,15,17-19,23H2,1-2H3/q+1. The van der Waals surface area contributed by atoms with Gasteiger partial charge in [-0.3, -0.25) is 0 Å². The van der Waals surface area contributed by atoms with E-state index in [0.717, 1.165) is 97.9 Å². The number of methoxy groups -OCH3 is 1. The number of hydrogen-bond donors (Lipinski definition) is 1. The van der Waals surface area contributed by atoms with E-state index in [1.807, 2.05) is 6.07 Å². The predicted molar refractivity (Wildman–Crippen MR) is 158 cm³/mol. The van der Waals surface area contributed by atoms with Gasteiger partial charge in [0.2, 0.25) is 0 Å². The van der Waals surface area contributed by atoms with Crippen LogP contribution in [0.1, 0.15) is 87.8 Å². The molecular formula is C34H44F2NO4+. The van der Waals surface area contributed by atoms with Crippen molar-refractivity contribution in [3.05, 3.63) is 71.2 Å². The summed E-state index contributed by atoms with van der Waals surface area (Å²) in [6.07, 6.45) is 14.2. The van der Waals surface area contributed by atoms with Crippen molar-refractivity contribution in [1.29, 1.82) is 0 Å². The molecule has 0 saturated heterocycles. The molecule has 0 fully saturated rings. The third-order valence-electron chi connectivity index (χ3n) is 7.88. The lowest BCUT2D eigenvalue weighted by Crippen LogP contribution is -2.31. The molecule has 2 heterocycles. The van der Waals surface area contributed by atoms with Crippen molar-refractivity contribution < 1.29 is 32.4 Å². The summed E-state index contributed by atoms with van der Waals surface area (Å²) in [5.74, 6) is 0.640. The van der Waals surface area contributed by atoms with E-state index in [2.05, 4.69) is 17.6 Å². The number of benzene rings is 2. The van der Waals surface area contributed by atoms with Gasteiger partial charge in [0.1, 0.15) is 18.2 Å². The highest BCUT2D eigenvalue weighted by molar-refractivity contribution is 6.01. The molecule has 0 unspecified atom stereocenters. The fourth-order valence-electron chi connectivity index (χ4n) is 5.70. The predicted octanol–water partition coefficient (Wildman–Crippen LogP) is 8.08. The average molecular weight is 569 g/mol. The fourth-order valence-corrected chi connectivity index (χ4v) is 5.70. The second kappa shape index (κ2) is 15.7. The number of ether oxygens (including phenoxy) is 2. The smallest absolute Gasteiger partial charge is 0.184 e. The van der Waals surface area contributed by atoms with Gasteiger partial charge in [-0.25, -0.2) is 13.4 Å². The number of halogens is 2. The molecule has 1 aromatic heterocycles. The minimum Gasteiger partial charge on any atom is -0.492 e. The molecule has 0 spiro atoms. The molecule has 7 heteroatoms. The molecule has 1 aliphatic rings. The van der Waals surface area contributed by atoms with Gasteiger partial charge in [-0.15, -0.1) is 0 Å².